The summed E-state index contributed by atoms with van der Waals surface area (Å²) >= 11 is 1.35. The second-order valence-electron chi connectivity index (χ2n) is 4.97. The van der Waals surface area contributed by atoms with Crippen LogP contribution >= 0.6 is 11.8 Å². The zero-order valence-electron chi connectivity index (χ0n) is 12.5. The number of carbonyl (C=O) groups excluding carboxylic acids is 2. The summed E-state index contributed by atoms with van der Waals surface area (Å²) in [5.74, 6) is -0.0237. The highest BCUT2D eigenvalue weighted by molar-refractivity contribution is 7.99. The molecule has 0 radical (unpaired) electrons. The Labute approximate surface area is 137 Å². The van der Waals surface area contributed by atoms with Gasteiger partial charge in [0.1, 0.15) is 0 Å². The van der Waals surface area contributed by atoms with E-state index in [1.807, 2.05) is 28.8 Å². The fourth-order valence-electron chi connectivity index (χ4n) is 2.24. The largest absolute Gasteiger partial charge is 0.325 e. The smallest absolute Gasteiger partial charge is 0.234 e. The number of pyridine rings is 1. The number of Topliss-reactive ketones (excluding diaryl/α,β-unsaturated/α-hetero) is 1. The van der Waals surface area contributed by atoms with Gasteiger partial charge >= 0.3 is 0 Å². The van der Waals surface area contributed by atoms with E-state index >= 15 is 0 Å². The van der Waals surface area contributed by atoms with Crippen molar-refractivity contribution in [2.24, 2.45) is 0 Å². The first-order valence-corrected chi connectivity index (χ1v) is 8.08. The predicted octanol–water partition coefficient (Wildman–Crippen LogP) is 3.27. The van der Waals surface area contributed by atoms with Gasteiger partial charge in [0.15, 0.2) is 10.9 Å². The van der Waals surface area contributed by atoms with E-state index in [1.165, 1.54) is 18.7 Å². The van der Waals surface area contributed by atoms with Crippen LogP contribution in [0, 0.1) is 0 Å². The second-order valence-corrected chi connectivity index (χ2v) is 5.92. The number of ketones is 1. The Bertz CT molecular complexity index is 873. The third kappa shape index (κ3) is 3.43. The van der Waals surface area contributed by atoms with Crippen LogP contribution in [-0.2, 0) is 4.79 Å². The van der Waals surface area contributed by atoms with Crippen LogP contribution in [0.4, 0.5) is 5.69 Å². The molecule has 0 aliphatic heterocycles. The topological polar surface area (TPSA) is 63.5 Å². The van der Waals surface area contributed by atoms with Crippen LogP contribution in [0.3, 0.4) is 0 Å². The summed E-state index contributed by atoms with van der Waals surface area (Å²) in [5.41, 5.74) is 2.04. The highest BCUT2D eigenvalue weighted by atomic mass is 32.2. The number of para-hydroxylation sites is 1. The Morgan fingerprint density at radius 1 is 1.17 bits per heavy atom. The van der Waals surface area contributed by atoms with Crippen LogP contribution in [0.15, 0.2) is 60.0 Å². The molecule has 0 atom stereocenters. The maximum atomic E-state index is 12.1. The number of rotatable bonds is 5. The van der Waals surface area contributed by atoms with E-state index in [-0.39, 0.29) is 17.4 Å². The zero-order chi connectivity index (χ0) is 16.2. The van der Waals surface area contributed by atoms with Crippen molar-refractivity contribution in [3.05, 3.63) is 60.4 Å². The summed E-state index contributed by atoms with van der Waals surface area (Å²) in [6, 6.07) is 12.8. The molecule has 2 heterocycles. The van der Waals surface area contributed by atoms with Gasteiger partial charge in [-0.05, 0) is 31.2 Å². The molecule has 2 aromatic heterocycles. The number of carbonyl (C=O) groups is 2. The van der Waals surface area contributed by atoms with Crippen LogP contribution in [-0.4, -0.2) is 26.8 Å². The number of aromatic nitrogens is 2. The molecule has 23 heavy (non-hydrogen) atoms. The van der Waals surface area contributed by atoms with Crippen molar-refractivity contribution in [3.8, 4) is 0 Å². The average molecular weight is 325 g/mol. The maximum absolute atomic E-state index is 12.1. The number of thioether (sulfide) groups is 1. The van der Waals surface area contributed by atoms with E-state index < -0.39 is 0 Å². The van der Waals surface area contributed by atoms with Gasteiger partial charge in [0.25, 0.3) is 0 Å². The van der Waals surface area contributed by atoms with E-state index in [1.54, 1.807) is 30.5 Å². The normalized spacial score (nSPS) is 10.7. The van der Waals surface area contributed by atoms with Gasteiger partial charge in [-0.25, -0.2) is 4.98 Å². The van der Waals surface area contributed by atoms with Gasteiger partial charge in [0.05, 0.1) is 23.2 Å². The van der Waals surface area contributed by atoms with Crippen LogP contribution < -0.4 is 5.32 Å². The van der Waals surface area contributed by atoms with Crippen molar-refractivity contribution >= 4 is 34.7 Å². The molecule has 1 N–H and O–H groups in total. The van der Waals surface area contributed by atoms with Crippen molar-refractivity contribution in [2.75, 3.05) is 11.1 Å². The Hall–Kier alpha value is -2.60. The van der Waals surface area contributed by atoms with Crippen LogP contribution in [0.2, 0.25) is 0 Å². The predicted molar refractivity (Wildman–Crippen MR) is 91.0 cm³/mol. The Balaban J connectivity index is 1.68. The highest BCUT2D eigenvalue weighted by Crippen LogP contribution is 2.20. The van der Waals surface area contributed by atoms with Crippen molar-refractivity contribution in [1.29, 1.82) is 0 Å². The number of nitrogens with one attached hydrogen (secondary N) is 1. The molecule has 3 aromatic rings. The quantitative estimate of drug-likeness (QED) is 0.578. The number of fused-ring (bicyclic) bond motifs is 1. The molecule has 1 aromatic carbocycles. The second kappa shape index (κ2) is 6.66. The molecular weight excluding hydrogens is 310 g/mol. The molecule has 0 saturated carbocycles. The number of amides is 1. The van der Waals surface area contributed by atoms with Crippen LogP contribution in [0.25, 0.3) is 5.52 Å². The lowest BCUT2D eigenvalue weighted by atomic mass is 10.1. The first-order valence-electron chi connectivity index (χ1n) is 7.10. The number of benzene rings is 1. The maximum Gasteiger partial charge on any atom is 0.234 e. The van der Waals surface area contributed by atoms with Crippen molar-refractivity contribution in [3.63, 3.8) is 0 Å². The fraction of sp³-hybridized carbons (Fsp3) is 0.118. The molecule has 1 amide bonds. The third-order valence-electron chi connectivity index (χ3n) is 3.32. The Morgan fingerprint density at radius 2 is 1.96 bits per heavy atom. The van der Waals surface area contributed by atoms with Gasteiger partial charge < -0.3 is 5.32 Å². The van der Waals surface area contributed by atoms with Gasteiger partial charge in [0.2, 0.25) is 5.91 Å². The fourth-order valence-corrected chi connectivity index (χ4v) is 3.01. The van der Waals surface area contributed by atoms with Crippen molar-refractivity contribution in [2.45, 2.75) is 12.1 Å². The lowest BCUT2D eigenvalue weighted by Crippen LogP contribution is -2.16. The van der Waals surface area contributed by atoms with Gasteiger partial charge in [-0.15, -0.1) is 0 Å². The van der Waals surface area contributed by atoms with E-state index in [4.69, 9.17) is 0 Å². The summed E-state index contributed by atoms with van der Waals surface area (Å²) < 4.78 is 1.93. The molecule has 3 rings (SSSR count). The van der Waals surface area contributed by atoms with Gasteiger partial charge in [0, 0.05) is 11.8 Å². The number of anilines is 1. The molecule has 5 nitrogen and oxygen atoms in total. The lowest BCUT2D eigenvalue weighted by Gasteiger charge is -2.08. The van der Waals surface area contributed by atoms with Gasteiger partial charge in [-0.3, -0.25) is 14.0 Å². The molecular formula is C17H15N3O2S. The number of imidazole rings is 1. The molecule has 0 unspecified atom stereocenters. The molecule has 0 aliphatic rings. The standard InChI is InChI=1S/C17H15N3O2S/c1-12(21)14-7-2-3-8-15(14)19-16(22)11-23-17-18-10-13-6-4-5-9-20(13)17/h2-10H,11H2,1H3,(H,19,22). The van der Waals surface area contributed by atoms with Crippen molar-refractivity contribution < 1.29 is 9.59 Å². The Morgan fingerprint density at radius 3 is 2.78 bits per heavy atom. The van der Waals surface area contributed by atoms with E-state index in [2.05, 4.69) is 10.3 Å². The summed E-state index contributed by atoms with van der Waals surface area (Å²) in [7, 11) is 0. The molecule has 0 saturated heterocycles. The minimum Gasteiger partial charge on any atom is -0.325 e. The minimum absolute atomic E-state index is 0.0761. The first kappa shape index (κ1) is 15.3. The SMILES string of the molecule is CC(=O)c1ccccc1NC(=O)CSc1ncc2ccccn12. The zero-order valence-corrected chi connectivity index (χ0v) is 13.3. The molecule has 6 heteroatoms. The van der Waals surface area contributed by atoms with Gasteiger partial charge in [-0.2, -0.15) is 0 Å². The van der Waals surface area contributed by atoms with Crippen molar-refractivity contribution in [1.82, 2.24) is 9.38 Å². The lowest BCUT2D eigenvalue weighted by molar-refractivity contribution is -0.113. The summed E-state index contributed by atoms with van der Waals surface area (Å²) in [6.07, 6.45) is 3.68. The average Bonchev–Trinajstić information content (AvgIpc) is 2.96. The number of hydrogen-bond donors (Lipinski definition) is 1. The minimum atomic E-state index is -0.170. The van der Waals surface area contributed by atoms with E-state index in [0.29, 0.717) is 11.3 Å². The van der Waals surface area contributed by atoms with Crippen LogP contribution in [0.5, 0.6) is 0 Å². The molecule has 0 fully saturated rings. The van der Waals surface area contributed by atoms with E-state index in [9.17, 15) is 9.59 Å². The summed E-state index contributed by atoms with van der Waals surface area (Å²) in [4.78, 5) is 28.0. The first-order chi connectivity index (χ1) is 11.1. The molecule has 0 spiro atoms. The molecule has 116 valence electrons. The third-order valence-corrected chi connectivity index (χ3v) is 4.28. The highest BCUT2D eigenvalue weighted by Gasteiger charge is 2.11. The molecule has 0 aliphatic carbocycles. The van der Waals surface area contributed by atoms with Gasteiger partial charge in [-0.1, -0.05) is 30.0 Å². The Kier molecular flexibility index (Phi) is 4.43. The number of hydrogen-bond acceptors (Lipinski definition) is 4. The molecule has 0 bridgehead atoms. The summed E-state index contributed by atoms with van der Waals surface area (Å²) in [6.45, 7) is 1.48. The van der Waals surface area contributed by atoms with Crippen LogP contribution in [0.1, 0.15) is 17.3 Å². The summed E-state index contributed by atoms with van der Waals surface area (Å²) in [5, 5.41) is 3.54. The monoisotopic (exact) mass is 325 g/mol. The van der Waals surface area contributed by atoms with E-state index in [0.717, 1.165) is 10.7 Å². The number of nitrogens with zero attached hydrogens (tertiary/aromatic N) is 2.